The Morgan fingerprint density at radius 2 is 2.19 bits per heavy atom. The number of benzene rings is 1. The smallest absolute Gasteiger partial charge is 0.122 e. The van der Waals surface area contributed by atoms with Crippen LogP contribution in [0.4, 0.5) is 0 Å². The first-order chi connectivity index (χ1) is 10.3. The molecule has 0 saturated heterocycles. The van der Waals surface area contributed by atoms with E-state index in [9.17, 15) is 0 Å². The molecular formula is C18H22N2O. The molecule has 0 aliphatic carbocycles. The average molecular weight is 282 g/mol. The summed E-state index contributed by atoms with van der Waals surface area (Å²) in [6, 6.07) is 13.0. The van der Waals surface area contributed by atoms with Crippen molar-refractivity contribution in [2.75, 3.05) is 13.2 Å². The Kier molecular flexibility index (Phi) is 4.20. The highest BCUT2D eigenvalue weighted by Gasteiger charge is 2.23. The summed E-state index contributed by atoms with van der Waals surface area (Å²) in [6.45, 7) is 6.13. The van der Waals surface area contributed by atoms with Crippen LogP contribution < -0.4 is 10.1 Å². The lowest BCUT2D eigenvalue weighted by Crippen LogP contribution is -2.26. The molecule has 0 saturated carbocycles. The molecule has 1 aromatic heterocycles. The molecule has 2 unspecified atom stereocenters. The summed E-state index contributed by atoms with van der Waals surface area (Å²) in [6.07, 6.45) is 2.88. The Morgan fingerprint density at radius 1 is 1.29 bits per heavy atom. The lowest BCUT2D eigenvalue weighted by atomic mass is 9.90. The van der Waals surface area contributed by atoms with E-state index in [-0.39, 0.29) is 6.04 Å². The molecule has 21 heavy (non-hydrogen) atoms. The monoisotopic (exact) mass is 282 g/mol. The van der Waals surface area contributed by atoms with E-state index >= 15 is 0 Å². The fourth-order valence-electron chi connectivity index (χ4n) is 3.02. The number of rotatable bonds is 5. The van der Waals surface area contributed by atoms with E-state index in [1.807, 2.05) is 12.3 Å². The van der Waals surface area contributed by atoms with Crippen LogP contribution in [-0.4, -0.2) is 18.1 Å². The standard InChI is InChI=1S/C18H22N2O/c1-3-19-18(13(2)16-6-4-5-10-20-16)15-7-8-17-14(12-15)9-11-21-17/h4-8,10,12-13,18-19H,3,9,11H2,1-2H3. The van der Waals surface area contributed by atoms with Crippen molar-refractivity contribution in [1.29, 1.82) is 0 Å². The third-order valence-corrected chi connectivity index (χ3v) is 4.15. The third kappa shape index (κ3) is 2.93. The second kappa shape index (κ2) is 6.27. The number of aromatic nitrogens is 1. The molecule has 1 aromatic carbocycles. The number of nitrogens with zero attached hydrogens (tertiary/aromatic N) is 1. The van der Waals surface area contributed by atoms with Gasteiger partial charge < -0.3 is 10.1 Å². The van der Waals surface area contributed by atoms with Crippen LogP contribution in [0.1, 0.15) is 42.6 Å². The number of hydrogen-bond acceptors (Lipinski definition) is 3. The SMILES string of the molecule is CCNC(c1ccc2c(c1)CCO2)C(C)c1ccccn1. The zero-order valence-corrected chi connectivity index (χ0v) is 12.7. The molecule has 3 rings (SSSR count). The van der Waals surface area contributed by atoms with E-state index in [0.717, 1.165) is 31.0 Å². The summed E-state index contributed by atoms with van der Waals surface area (Å²) in [4.78, 5) is 4.52. The summed E-state index contributed by atoms with van der Waals surface area (Å²) in [5.74, 6) is 1.37. The highest BCUT2D eigenvalue weighted by molar-refractivity contribution is 5.41. The van der Waals surface area contributed by atoms with Crippen molar-refractivity contribution < 1.29 is 4.74 Å². The first kappa shape index (κ1) is 14.1. The number of pyridine rings is 1. The Balaban J connectivity index is 1.90. The summed E-state index contributed by atoms with van der Waals surface area (Å²) >= 11 is 0. The predicted molar refractivity (Wildman–Crippen MR) is 84.7 cm³/mol. The molecule has 2 heterocycles. The van der Waals surface area contributed by atoms with Crippen molar-refractivity contribution in [2.45, 2.75) is 32.2 Å². The first-order valence-corrected chi connectivity index (χ1v) is 7.69. The Hall–Kier alpha value is -1.87. The fraction of sp³-hybridized carbons (Fsp3) is 0.389. The van der Waals surface area contributed by atoms with Crippen LogP contribution in [0.25, 0.3) is 0 Å². The number of nitrogens with one attached hydrogen (secondary N) is 1. The topological polar surface area (TPSA) is 34.1 Å². The highest BCUT2D eigenvalue weighted by atomic mass is 16.5. The molecule has 0 bridgehead atoms. The van der Waals surface area contributed by atoms with Gasteiger partial charge in [-0.15, -0.1) is 0 Å². The number of ether oxygens (including phenoxy) is 1. The Bertz CT molecular complexity index is 597. The summed E-state index contributed by atoms with van der Waals surface area (Å²) in [5.41, 5.74) is 3.77. The molecule has 0 spiro atoms. The van der Waals surface area contributed by atoms with Crippen molar-refractivity contribution in [3.63, 3.8) is 0 Å². The van der Waals surface area contributed by atoms with Crippen LogP contribution in [0.5, 0.6) is 5.75 Å². The van der Waals surface area contributed by atoms with Gasteiger partial charge in [0.1, 0.15) is 5.75 Å². The van der Waals surface area contributed by atoms with Crippen LogP contribution in [0.15, 0.2) is 42.6 Å². The molecule has 2 atom stereocenters. The van der Waals surface area contributed by atoms with Gasteiger partial charge in [0.05, 0.1) is 6.61 Å². The molecule has 3 heteroatoms. The van der Waals surface area contributed by atoms with Crippen molar-refractivity contribution >= 4 is 0 Å². The molecule has 1 N–H and O–H groups in total. The maximum atomic E-state index is 5.61. The van der Waals surface area contributed by atoms with Gasteiger partial charge in [0.15, 0.2) is 0 Å². The fourth-order valence-corrected chi connectivity index (χ4v) is 3.02. The van der Waals surface area contributed by atoms with Crippen molar-refractivity contribution in [3.05, 3.63) is 59.4 Å². The minimum atomic E-state index is 0.274. The first-order valence-electron chi connectivity index (χ1n) is 7.69. The molecule has 1 aliphatic rings. The van der Waals surface area contributed by atoms with Crippen LogP contribution in [0, 0.1) is 0 Å². The largest absolute Gasteiger partial charge is 0.493 e. The minimum absolute atomic E-state index is 0.274. The van der Waals surface area contributed by atoms with Gasteiger partial charge in [-0.3, -0.25) is 4.98 Å². The van der Waals surface area contributed by atoms with Crippen molar-refractivity contribution in [3.8, 4) is 5.75 Å². The third-order valence-electron chi connectivity index (χ3n) is 4.15. The Morgan fingerprint density at radius 3 is 2.95 bits per heavy atom. The van der Waals surface area contributed by atoms with E-state index in [1.165, 1.54) is 11.1 Å². The predicted octanol–water partition coefficient (Wildman–Crippen LogP) is 3.47. The zero-order chi connectivity index (χ0) is 14.7. The molecule has 0 amide bonds. The van der Waals surface area contributed by atoms with Gasteiger partial charge in [-0.05, 0) is 35.9 Å². The molecule has 1 aliphatic heterocycles. The van der Waals surface area contributed by atoms with Gasteiger partial charge in [0, 0.05) is 30.3 Å². The summed E-state index contributed by atoms with van der Waals surface area (Å²) in [7, 11) is 0. The average Bonchev–Trinajstić information content (AvgIpc) is 3.00. The minimum Gasteiger partial charge on any atom is -0.493 e. The van der Waals surface area contributed by atoms with E-state index in [0.29, 0.717) is 5.92 Å². The van der Waals surface area contributed by atoms with Gasteiger partial charge in [0.25, 0.3) is 0 Å². The second-order valence-corrected chi connectivity index (χ2v) is 5.54. The van der Waals surface area contributed by atoms with Gasteiger partial charge in [0.2, 0.25) is 0 Å². The van der Waals surface area contributed by atoms with E-state index in [1.54, 1.807) is 0 Å². The summed E-state index contributed by atoms with van der Waals surface area (Å²) < 4.78 is 5.61. The van der Waals surface area contributed by atoms with Crippen LogP contribution in [0.3, 0.4) is 0 Å². The zero-order valence-electron chi connectivity index (χ0n) is 12.7. The molecule has 0 fully saturated rings. The number of hydrogen-bond donors (Lipinski definition) is 1. The lowest BCUT2D eigenvalue weighted by Gasteiger charge is -2.25. The van der Waals surface area contributed by atoms with Gasteiger partial charge in [-0.25, -0.2) is 0 Å². The van der Waals surface area contributed by atoms with E-state index < -0.39 is 0 Å². The quantitative estimate of drug-likeness (QED) is 0.911. The number of fused-ring (bicyclic) bond motifs is 1. The van der Waals surface area contributed by atoms with E-state index in [4.69, 9.17) is 4.74 Å². The molecular weight excluding hydrogens is 260 g/mol. The van der Waals surface area contributed by atoms with Gasteiger partial charge in [-0.2, -0.15) is 0 Å². The van der Waals surface area contributed by atoms with Crippen LogP contribution in [-0.2, 0) is 6.42 Å². The summed E-state index contributed by atoms with van der Waals surface area (Å²) in [5, 5.41) is 3.61. The number of likely N-dealkylation sites (N-methyl/N-ethyl adjacent to an activating group) is 1. The lowest BCUT2D eigenvalue weighted by molar-refractivity contribution is 0.356. The van der Waals surface area contributed by atoms with Crippen molar-refractivity contribution in [2.24, 2.45) is 0 Å². The maximum absolute atomic E-state index is 5.61. The van der Waals surface area contributed by atoms with Crippen LogP contribution >= 0.6 is 0 Å². The maximum Gasteiger partial charge on any atom is 0.122 e. The van der Waals surface area contributed by atoms with Gasteiger partial charge in [-0.1, -0.05) is 32.0 Å². The Labute approximate surface area is 126 Å². The van der Waals surface area contributed by atoms with Gasteiger partial charge >= 0.3 is 0 Å². The highest BCUT2D eigenvalue weighted by Crippen LogP contribution is 2.33. The van der Waals surface area contributed by atoms with E-state index in [2.05, 4.69) is 54.5 Å². The van der Waals surface area contributed by atoms with Crippen LogP contribution in [0.2, 0.25) is 0 Å². The molecule has 0 radical (unpaired) electrons. The van der Waals surface area contributed by atoms with Crippen molar-refractivity contribution in [1.82, 2.24) is 10.3 Å². The molecule has 2 aromatic rings. The normalized spacial score (nSPS) is 16.1. The molecule has 110 valence electrons. The molecule has 3 nitrogen and oxygen atoms in total. The second-order valence-electron chi connectivity index (χ2n) is 5.54.